The van der Waals surface area contributed by atoms with Crippen molar-refractivity contribution in [1.82, 2.24) is 5.06 Å². The van der Waals surface area contributed by atoms with E-state index in [0.29, 0.717) is 0 Å². The van der Waals surface area contributed by atoms with Gasteiger partial charge in [-0.3, -0.25) is 4.99 Å². The van der Waals surface area contributed by atoms with Gasteiger partial charge in [-0.1, -0.05) is 6.07 Å². The summed E-state index contributed by atoms with van der Waals surface area (Å²) in [4.78, 5) is 5.54. The maximum atomic E-state index is 12.3. The van der Waals surface area contributed by atoms with Crippen molar-refractivity contribution in [2.45, 2.75) is 38.9 Å². The quantitative estimate of drug-likeness (QED) is 0.721. The first kappa shape index (κ1) is 10.8. The van der Waals surface area contributed by atoms with Crippen molar-refractivity contribution in [3.8, 4) is 0 Å². The minimum atomic E-state index is -0.734. The van der Waals surface area contributed by atoms with Crippen molar-refractivity contribution in [2.24, 2.45) is 4.99 Å². The van der Waals surface area contributed by atoms with Gasteiger partial charge < -0.3 is 0 Å². The van der Waals surface area contributed by atoms with Crippen molar-refractivity contribution in [1.29, 1.82) is 0 Å². The molecule has 1 aliphatic rings. The molecule has 0 fully saturated rings. The van der Waals surface area contributed by atoms with Crippen molar-refractivity contribution in [2.75, 3.05) is 0 Å². The average molecular weight is 223 g/mol. The highest BCUT2D eigenvalue weighted by atomic mass is 32.1. The first-order valence-electron chi connectivity index (χ1n) is 4.97. The molecule has 0 aliphatic carbocycles. The summed E-state index contributed by atoms with van der Waals surface area (Å²) in [5, 5.41) is 15.3. The van der Waals surface area contributed by atoms with Crippen LogP contribution in [0.25, 0.3) is 0 Å². The van der Waals surface area contributed by atoms with E-state index in [2.05, 4.69) is 4.99 Å². The Labute approximate surface area is 94.0 Å². The molecule has 1 atom stereocenters. The Hall–Kier alpha value is -0.710. The van der Waals surface area contributed by atoms with Gasteiger partial charge in [0.15, 0.2) is 5.66 Å². The van der Waals surface area contributed by atoms with Crippen molar-refractivity contribution in [3.05, 3.63) is 22.4 Å². The van der Waals surface area contributed by atoms with E-state index < -0.39 is 11.2 Å². The molecule has 0 saturated carbocycles. The minimum absolute atomic E-state index is 0.501. The highest BCUT2D eigenvalue weighted by molar-refractivity contribution is 7.10. The molecule has 2 heterocycles. The number of aliphatic imine (C=N–C) groups is 1. The second-order valence-corrected chi connectivity index (χ2v) is 5.50. The van der Waals surface area contributed by atoms with Crippen LogP contribution < -0.4 is 0 Å². The fourth-order valence-electron chi connectivity index (χ4n) is 1.90. The Bertz CT molecular complexity index is 397. The molecule has 0 amide bonds. The summed E-state index contributed by atoms with van der Waals surface area (Å²) in [5.41, 5.74) is -0.339. The van der Waals surface area contributed by atoms with E-state index in [-0.39, 0.29) is 0 Å². The van der Waals surface area contributed by atoms with E-state index in [1.807, 2.05) is 45.2 Å². The zero-order valence-corrected chi connectivity index (χ0v) is 10.3. The molecule has 2 rings (SSSR count). The summed E-state index contributed by atoms with van der Waals surface area (Å²) in [6, 6.07) is 3.92. The molecule has 1 aromatic rings. The molecular formula is C11H15N2OS. The van der Waals surface area contributed by atoms with Gasteiger partial charge in [-0.25, -0.2) is 0 Å². The Balaban J connectivity index is 2.49. The zero-order chi connectivity index (χ0) is 11.3. The Morgan fingerprint density at radius 1 is 1.40 bits per heavy atom. The summed E-state index contributed by atoms with van der Waals surface area (Å²) in [6.07, 6.45) is 0. The second-order valence-electron chi connectivity index (χ2n) is 4.55. The van der Waals surface area contributed by atoms with Crippen molar-refractivity contribution >= 4 is 17.0 Å². The number of nitrogens with zero attached hydrogens (tertiary/aromatic N) is 2. The second kappa shape index (κ2) is 3.14. The third kappa shape index (κ3) is 1.36. The monoisotopic (exact) mass is 223 g/mol. The Morgan fingerprint density at radius 3 is 2.47 bits per heavy atom. The molecule has 81 valence electrons. The summed E-state index contributed by atoms with van der Waals surface area (Å²) >= 11 is 1.58. The molecule has 0 saturated heterocycles. The maximum absolute atomic E-state index is 12.3. The van der Waals surface area contributed by atoms with E-state index in [9.17, 15) is 5.21 Å². The highest BCUT2D eigenvalue weighted by Crippen LogP contribution is 2.42. The standard InChI is InChI=1S/C11H15N2OS/c1-8-10(2,3)13(14)11(4,12-8)9-6-5-7-15-9/h5-7H,1-4H3. The fraction of sp³-hybridized carbons (Fsp3) is 0.545. The van der Waals surface area contributed by atoms with Gasteiger partial charge in [-0.15, -0.1) is 21.6 Å². The largest absolute Gasteiger partial charge is 0.262 e. The van der Waals surface area contributed by atoms with Crippen LogP contribution >= 0.6 is 11.3 Å². The maximum Gasteiger partial charge on any atom is 0.171 e. The normalized spacial score (nSPS) is 30.6. The summed E-state index contributed by atoms with van der Waals surface area (Å²) in [5.74, 6) is 0. The van der Waals surface area contributed by atoms with Gasteiger partial charge in [-0.2, -0.15) is 0 Å². The predicted octanol–water partition coefficient (Wildman–Crippen LogP) is 2.82. The van der Waals surface area contributed by atoms with Crippen molar-refractivity contribution in [3.63, 3.8) is 0 Å². The van der Waals surface area contributed by atoms with Gasteiger partial charge in [0.2, 0.25) is 0 Å². The van der Waals surface area contributed by atoms with Crippen LogP contribution in [0.15, 0.2) is 22.5 Å². The number of hydrogen-bond donors (Lipinski definition) is 0. The fourth-order valence-corrected chi connectivity index (χ4v) is 2.72. The molecule has 1 radical (unpaired) electrons. The molecule has 1 unspecified atom stereocenters. The minimum Gasteiger partial charge on any atom is -0.262 e. The molecular weight excluding hydrogens is 208 g/mol. The van der Waals surface area contributed by atoms with E-state index >= 15 is 0 Å². The smallest absolute Gasteiger partial charge is 0.171 e. The SMILES string of the molecule is CC1=NC(C)(c2cccs2)N([O])C1(C)C. The van der Waals surface area contributed by atoms with Crippen LogP contribution in [0.3, 0.4) is 0 Å². The number of rotatable bonds is 1. The molecule has 0 aromatic carbocycles. The lowest BCUT2D eigenvalue weighted by Crippen LogP contribution is -2.48. The predicted molar refractivity (Wildman–Crippen MR) is 61.4 cm³/mol. The van der Waals surface area contributed by atoms with Crippen LogP contribution in [0, 0.1) is 0 Å². The van der Waals surface area contributed by atoms with Gasteiger partial charge in [0, 0.05) is 10.6 Å². The molecule has 0 bridgehead atoms. The number of hydroxylamine groups is 2. The van der Waals surface area contributed by atoms with E-state index in [4.69, 9.17) is 0 Å². The highest BCUT2D eigenvalue weighted by Gasteiger charge is 2.50. The van der Waals surface area contributed by atoms with Gasteiger partial charge in [0.1, 0.15) is 0 Å². The van der Waals surface area contributed by atoms with E-state index in [1.54, 1.807) is 11.3 Å². The zero-order valence-electron chi connectivity index (χ0n) is 9.44. The molecule has 0 spiro atoms. The van der Waals surface area contributed by atoms with Gasteiger partial charge in [-0.05, 0) is 39.1 Å². The van der Waals surface area contributed by atoms with E-state index in [1.165, 1.54) is 0 Å². The van der Waals surface area contributed by atoms with Crippen molar-refractivity contribution < 1.29 is 5.21 Å². The van der Waals surface area contributed by atoms with Gasteiger partial charge in [0.25, 0.3) is 0 Å². The molecule has 4 heteroatoms. The van der Waals surface area contributed by atoms with Crippen LogP contribution in [0.5, 0.6) is 0 Å². The number of thiophene rings is 1. The third-order valence-electron chi connectivity index (χ3n) is 3.16. The van der Waals surface area contributed by atoms with Crippen LogP contribution in [0.1, 0.15) is 32.6 Å². The van der Waals surface area contributed by atoms with Crippen LogP contribution in [0.4, 0.5) is 0 Å². The van der Waals surface area contributed by atoms with Crippen LogP contribution in [-0.4, -0.2) is 16.3 Å². The molecule has 3 nitrogen and oxygen atoms in total. The molecule has 15 heavy (non-hydrogen) atoms. The lowest BCUT2D eigenvalue weighted by atomic mass is 9.99. The first-order chi connectivity index (χ1) is 6.89. The Morgan fingerprint density at radius 2 is 2.07 bits per heavy atom. The van der Waals surface area contributed by atoms with Crippen LogP contribution in [0.2, 0.25) is 0 Å². The third-order valence-corrected chi connectivity index (χ3v) is 4.23. The van der Waals surface area contributed by atoms with Gasteiger partial charge in [0.05, 0.1) is 5.54 Å². The first-order valence-corrected chi connectivity index (χ1v) is 5.85. The molecule has 1 aromatic heterocycles. The Kier molecular flexibility index (Phi) is 2.26. The lowest BCUT2D eigenvalue weighted by Gasteiger charge is -2.32. The van der Waals surface area contributed by atoms with Crippen LogP contribution in [-0.2, 0) is 10.9 Å². The number of hydrogen-bond acceptors (Lipinski definition) is 3. The summed E-state index contributed by atoms with van der Waals surface area (Å²) in [6.45, 7) is 7.63. The molecule has 0 N–H and O–H groups in total. The summed E-state index contributed by atoms with van der Waals surface area (Å²) < 4.78 is 0. The lowest BCUT2D eigenvalue weighted by molar-refractivity contribution is -0.249. The average Bonchev–Trinajstić information content (AvgIpc) is 2.73. The molecule has 1 aliphatic heterocycles. The topological polar surface area (TPSA) is 35.5 Å². The van der Waals surface area contributed by atoms with E-state index in [0.717, 1.165) is 15.7 Å². The van der Waals surface area contributed by atoms with Gasteiger partial charge >= 0.3 is 0 Å². The summed E-state index contributed by atoms with van der Waals surface area (Å²) in [7, 11) is 0.